The summed E-state index contributed by atoms with van der Waals surface area (Å²) in [4.78, 5) is 20.3. The maximum absolute atomic E-state index is 12.9. The van der Waals surface area contributed by atoms with Gasteiger partial charge in [-0.25, -0.2) is 0 Å². The average Bonchev–Trinajstić information content (AvgIpc) is 3.40. The highest BCUT2D eigenvalue weighted by molar-refractivity contribution is 7.08. The Morgan fingerprint density at radius 1 is 1.21 bits per heavy atom. The number of nitrogens with one attached hydrogen (secondary N) is 1. The van der Waals surface area contributed by atoms with E-state index >= 15 is 0 Å². The number of aromatic nitrogens is 3. The molecule has 11 heteroatoms. The standard InChI is InChI=1S/C18H11Cl2F3N4OS/c19-10-6-24-7-11(20)14(10)15-13(8-1-2-8)16(29-27-15)17(28)26-9-3-4-25-12(5-9)18(21,22)23/h3-8H,1-2H2,(H,25,26,28). The second-order valence-electron chi connectivity index (χ2n) is 6.41. The van der Waals surface area contributed by atoms with Crippen LogP contribution in [-0.2, 0) is 6.18 Å². The number of carbonyl (C=O) groups is 1. The van der Waals surface area contributed by atoms with Gasteiger partial charge in [0.25, 0.3) is 5.91 Å². The van der Waals surface area contributed by atoms with E-state index in [4.69, 9.17) is 23.2 Å². The lowest BCUT2D eigenvalue weighted by molar-refractivity contribution is -0.141. The Morgan fingerprint density at radius 3 is 2.52 bits per heavy atom. The maximum Gasteiger partial charge on any atom is 0.433 e. The number of anilines is 1. The lowest BCUT2D eigenvalue weighted by Crippen LogP contribution is -2.14. The van der Waals surface area contributed by atoms with Crippen molar-refractivity contribution >= 4 is 46.3 Å². The fourth-order valence-electron chi connectivity index (χ4n) is 2.88. The van der Waals surface area contributed by atoms with Gasteiger partial charge in [-0.2, -0.15) is 17.5 Å². The minimum atomic E-state index is -4.60. The number of carbonyl (C=O) groups excluding carboxylic acids is 1. The van der Waals surface area contributed by atoms with Crippen LogP contribution in [0.5, 0.6) is 0 Å². The number of amides is 1. The van der Waals surface area contributed by atoms with Gasteiger partial charge in [0.05, 0.1) is 15.7 Å². The first-order chi connectivity index (χ1) is 13.8. The fourth-order valence-corrected chi connectivity index (χ4v) is 4.29. The van der Waals surface area contributed by atoms with Crippen LogP contribution in [0.25, 0.3) is 11.3 Å². The number of halogens is 5. The van der Waals surface area contributed by atoms with Gasteiger partial charge in [0, 0.05) is 35.4 Å². The molecule has 0 bridgehead atoms. The maximum atomic E-state index is 12.9. The van der Waals surface area contributed by atoms with Crippen molar-refractivity contribution in [3.8, 4) is 11.3 Å². The van der Waals surface area contributed by atoms with Crippen LogP contribution in [0.1, 0.15) is 39.7 Å². The van der Waals surface area contributed by atoms with E-state index in [1.807, 2.05) is 0 Å². The molecular weight excluding hydrogens is 448 g/mol. The van der Waals surface area contributed by atoms with E-state index in [1.165, 1.54) is 18.5 Å². The molecule has 29 heavy (non-hydrogen) atoms. The van der Waals surface area contributed by atoms with E-state index in [0.717, 1.165) is 36.6 Å². The molecule has 1 aliphatic carbocycles. The van der Waals surface area contributed by atoms with Crippen molar-refractivity contribution in [2.45, 2.75) is 24.9 Å². The zero-order valence-corrected chi connectivity index (χ0v) is 16.8. The van der Waals surface area contributed by atoms with Gasteiger partial charge >= 0.3 is 6.18 Å². The van der Waals surface area contributed by atoms with Crippen molar-refractivity contribution in [3.05, 3.63) is 56.9 Å². The number of hydrogen-bond donors (Lipinski definition) is 1. The molecular formula is C18H11Cl2F3N4OS. The van der Waals surface area contributed by atoms with Gasteiger partial charge in [-0.05, 0) is 42.4 Å². The fraction of sp³-hybridized carbons (Fsp3) is 0.222. The highest BCUT2D eigenvalue weighted by atomic mass is 35.5. The van der Waals surface area contributed by atoms with E-state index in [0.29, 0.717) is 31.7 Å². The number of rotatable bonds is 4. The molecule has 1 aliphatic rings. The van der Waals surface area contributed by atoms with Crippen LogP contribution in [0, 0.1) is 0 Å². The monoisotopic (exact) mass is 458 g/mol. The minimum absolute atomic E-state index is 0.00556. The van der Waals surface area contributed by atoms with Crippen molar-refractivity contribution < 1.29 is 18.0 Å². The Kier molecular flexibility index (Phi) is 5.22. The Morgan fingerprint density at radius 2 is 1.90 bits per heavy atom. The minimum Gasteiger partial charge on any atom is -0.321 e. The normalized spacial score (nSPS) is 14.1. The van der Waals surface area contributed by atoms with Gasteiger partial charge in [0.15, 0.2) is 0 Å². The Labute approximate surface area is 177 Å². The molecule has 0 atom stereocenters. The predicted molar refractivity (Wildman–Crippen MR) is 105 cm³/mol. The summed E-state index contributed by atoms with van der Waals surface area (Å²) >= 11 is 13.4. The number of pyridine rings is 2. The summed E-state index contributed by atoms with van der Waals surface area (Å²) in [7, 11) is 0. The van der Waals surface area contributed by atoms with Crippen LogP contribution < -0.4 is 5.32 Å². The first-order valence-electron chi connectivity index (χ1n) is 8.39. The van der Waals surface area contributed by atoms with Crippen molar-refractivity contribution in [3.63, 3.8) is 0 Å². The summed E-state index contributed by atoms with van der Waals surface area (Å²) in [5, 5.41) is 3.11. The molecule has 0 aromatic carbocycles. The van der Waals surface area contributed by atoms with Crippen LogP contribution in [0.2, 0.25) is 10.0 Å². The molecule has 1 fully saturated rings. The highest BCUT2D eigenvalue weighted by Crippen LogP contribution is 2.49. The molecule has 1 amide bonds. The summed E-state index contributed by atoms with van der Waals surface area (Å²) in [6, 6.07) is 2.08. The third-order valence-corrected chi connectivity index (χ3v) is 5.75. The Bertz CT molecular complexity index is 1080. The van der Waals surface area contributed by atoms with E-state index in [1.54, 1.807) is 0 Å². The largest absolute Gasteiger partial charge is 0.433 e. The third kappa shape index (κ3) is 4.08. The van der Waals surface area contributed by atoms with Crippen LogP contribution in [0.15, 0.2) is 30.7 Å². The molecule has 0 aliphatic heterocycles. The lowest BCUT2D eigenvalue weighted by Gasteiger charge is -2.10. The van der Waals surface area contributed by atoms with Crippen LogP contribution in [-0.4, -0.2) is 20.2 Å². The average molecular weight is 459 g/mol. The summed E-state index contributed by atoms with van der Waals surface area (Å²) in [5.74, 6) is -0.427. The number of hydrogen-bond acceptors (Lipinski definition) is 5. The molecule has 1 N–H and O–H groups in total. The molecule has 150 valence electrons. The molecule has 5 nitrogen and oxygen atoms in total. The molecule has 0 spiro atoms. The van der Waals surface area contributed by atoms with Crippen LogP contribution >= 0.6 is 34.7 Å². The molecule has 3 aromatic heterocycles. The predicted octanol–water partition coefficient (Wildman–Crippen LogP) is 6.06. The summed E-state index contributed by atoms with van der Waals surface area (Å²) in [6.45, 7) is 0. The van der Waals surface area contributed by atoms with Gasteiger partial charge < -0.3 is 5.32 Å². The van der Waals surface area contributed by atoms with Crippen molar-refractivity contribution in [1.29, 1.82) is 0 Å². The van der Waals surface area contributed by atoms with Crippen LogP contribution in [0.4, 0.5) is 18.9 Å². The smallest absolute Gasteiger partial charge is 0.321 e. The molecule has 0 saturated heterocycles. The molecule has 1 saturated carbocycles. The second-order valence-corrected chi connectivity index (χ2v) is 8.00. The first kappa shape index (κ1) is 20.1. The third-order valence-electron chi connectivity index (χ3n) is 4.32. The van der Waals surface area contributed by atoms with E-state index in [9.17, 15) is 18.0 Å². The Balaban J connectivity index is 1.70. The number of alkyl halides is 3. The van der Waals surface area contributed by atoms with Crippen LogP contribution in [0.3, 0.4) is 0 Å². The number of nitrogens with zero attached hydrogens (tertiary/aromatic N) is 3. The first-order valence-corrected chi connectivity index (χ1v) is 9.92. The SMILES string of the molecule is O=C(Nc1ccnc(C(F)(F)F)c1)c1snc(-c2c(Cl)cncc2Cl)c1C1CC1. The van der Waals surface area contributed by atoms with Gasteiger partial charge in [0.2, 0.25) is 0 Å². The van der Waals surface area contributed by atoms with E-state index in [2.05, 4.69) is 19.7 Å². The summed E-state index contributed by atoms with van der Waals surface area (Å²) < 4.78 is 43.0. The van der Waals surface area contributed by atoms with Gasteiger partial charge in [-0.1, -0.05) is 23.2 Å². The second kappa shape index (κ2) is 7.55. The summed E-state index contributed by atoms with van der Waals surface area (Å²) in [5.41, 5.74) is 0.606. The molecule has 0 radical (unpaired) electrons. The van der Waals surface area contributed by atoms with Crippen molar-refractivity contribution in [2.24, 2.45) is 0 Å². The van der Waals surface area contributed by atoms with Gasteiger partial charge in [-0.15, -0.1) is 0 Å². The highest BCUT2D eigenvalue weighted by Gasteiger charge is 2.35. The quantitative estimate of drug-likeness (QED) is 0.516. The van der Waals surface area contributed by atoms with E-state index in [-0.39, 0.29) is 11.6 Å². The lowest BCUT2D eigenvalue weighted by atomic mass is 10.0. The molecule has 0 unspecified atom stereocenters. The van der Waals surface area contributed by atoms with Gasteiger partial charge in [-0.3, -0.25) is 14.8 Å². The van der Waals surface area contributed by atoms with Crippen molar-refractivity contribution in [1.82, 2.24) is 14.3 Å². The zero-order chi connectivity index (χ0) is 20.8. The van der Waals surface area contributed by atoms with Crippen molar-refractivity contribution in [2.75, 3.05) is 5.32 Å². The molecule has 4 rings (SSSR count). The zero-order valence-electron chi connectivity index (χ0n) is 14.4. The molecule has 3 aromatic rings. The Hall–Kier alpha value is -2.23. The van der Waals surface area contributed by atoms with E-state index < -0.39 is 17.8 Å². The molecule has 3 heterocycles. The van der Waals surface area contributed by atoms with Gasteiger partial charge in [0.1, 0.15) is 10.6 Å². The topological polar surface area (TPSA) is 67.8 Å². The summed E-state index contributed by atoms with van der Waals surface area (Å²) in [6.07, 6.45) is 1.02.